The van der Waals surface area contributed by atoms with Crippen LogP contribution in [0.5, 0.6) is 5.75 Å². The molecule has 0 aliphatic heterocycles. The van der Waals surface area contributed by atoms with Crippen molar-refractivity contribution in [1.82, 2.24) is 5.32 Å². The number of anilines is 2. The molecule has 6 heteroatoms. The van der Waals surface area contributed by atoms with Gasteiger partial charge < -0.3 is 21.1 Å². The largest absolute Gasteiger partial charge is 0.492 e. The van der Waals surface area contributed by atoms with Crippen molar-refractivity contribution < 1.29 is 9.53 Å². The van der Waals surface area contributed by atoms with E-state index < -0.39 is 0 Å². The fourth-order valence-corrected chi connectivity index (χ4v) is 3.71. The van der Waals surface area contributed by atoms with Gasteiger partial charge in [-0.05, 0) is 31.6 Å². The Bertz CT molecular complexity index is 479. The number of hydrogen-bond donors (Lipinski definition) is 3. The van der Waals surface area contributed by atoms with Gasteiger partial charge in [-0.15, -0.1) is 11.3 Å². The van der Waals surface area contributed by atoms with Crippen LogP contribution in [0, 0.1) is 5.92 Å². The maximum atomic E-state index is 11.8. The van der Waals surface area contributed by atoms with Crippen LogP contribution in [0.25, 0.3) is 0 Å². The molecule has 0 bridgehead atoms. The highest BCUT2D eigenvalue weighted by Gasteiger charge is 2.24. The highest BCUT2D eigenvalue weighted by molar-refractivity contribution is 7.19. The molecule has 0 spiro atoms. The van der Waals surface area contributed by atoms with E-state index in [9.17, 15) is 4.79 Å². The molecule has 5 nitrogen and oxygen atoms in total. The van der Waals surface area contributed by atoms with Crippen molar-refractivity contribution in [2.75, 3.05) is 25.2 Å². The lowest BCUT2D eigenvalue weighted by atomic mass is 9.87. The van der Waals surface area contributed by atoms with Gasteiger partial charge in [-0.3, -0.25) is 4.79 Å². The minimum absolute atomic E-state index is 0.170. The number of rotatable bonds is 4. The van der Waals surface area contributed by atoms with Crippen molar-refractivity contribution in [2.45, 2.75) is 38.6 Å². The maximum Gasteiger partial charge on any atom is 0.263 e. The van der Waals surface area contributed by atoms with E-state index >= 15 is 0 Å². The summed E-state index contributed by atoms with van der Waals surface area (Å²) >= 11 is 1.36. The number of amides is 1. The molecule has 1 fully saturated rings. The Morgan fingerprint density at radius 3 is 2.55 bits per heavy atom. The summed E-state index contributed by atoms with van der Waals surface area (Å²) in [5, 5.41) is 6.96. The number of nitrogen functional groups attached to an aromatic ring is 1. The van der Waals surface area contributed by atoms with Gasteiger partial charge in [0.15, 0.2) is 5.75 Å². The van der Waals surface area contributed by atoms with Gasteiger partial charge in [0.2, 0.25) is 0 Å². The standard InChI is InChI=1S/C14H23N3O2S/c1-8-4-6-9(7-5-8)17-14-11(19-3)10(15)12(20-14)13(18)16-2/h8-9,17H,4-7,15H2,1-3H3,(H,16,18). The molecule has 1 aromatic rings. The molecule has 4 N–H and O–H groups in total. The lowest BCUT2D eigenvalue weighted by Gasteiger charge is -2.27. The van der Waals surface area contributed by atoms with E-state index in [1.807, 2.05) is 0 Å². The lowest BCUT2D eigenvalue weighted by Crippen LogP contribution is -2.24. The van der Waals surface area contributed by atoms with E-state index in [0.29, 0.717) is 22.4 Å². The fourth-order valence-electron chi connectivity index (χ4n) is 2.60. The van der Waals surface area contributed by atoms with Gasteiger partial charge in [0, 0.05) is 13.1 Å². The number of nitrogens with one attached hydrogen (secondary N) is 2. The molecule has 0 saturated heterocycles. The van der Waals surface area contributed by atoms with Gasteiger partial charge in [-0.2, -0.15) is 0 Å². The second-order valence-electron chi connectivity index (χ2n) is 5.39. The summed E-state index contributed by atoms with van der Waals surface area (Å²) in [6.45, 7) is 2.30. The summed E-state index contributed by atoms with van der Waals surface area (Å²) in [4.78, 5) is 12.3. The summed E-state index contributed by atoms with van der Waals surface area (Å²) in [7, 11) is 3.18. The van der Waals surface area contributed by atoms with Crippen molar-refractivity contribution in [1.29, 1.82) is 0 Å². The first-order valence-electron chi connectivity index (χ1n) is 7.01. The third-order valence-electron chi connectivity index (χ3n) is 3.89. The van der Waals surface area contributed by atoms with Crippen LogP contribution < -0.4 is 21.1 Å². The molecular weight excluding hydrogens is 274 g/mol. The van der Waals surface area contributed by atoms with E-state index in [-0.39, 0.29) is 5.91 Å². The van der Waals surface area contributed by atoms with E-state index in [1.165, 1.54) is 24.2 Å². The fraction of sp³-hybridized carbons (Fsp3) is 0.643. The minimum atomic E-state index is -0.170. The maximum absolute atomic E-state index is 11.8. The zero-order valence-electron chi connectivity index (χ0n) is 12.3. The average molecular weight is 297 g/mol. The molecule has 1 heterocycles. The topological polar surface area (TPSA) is 76.4 Å². The Labute approximate surface area is 123 Å². The van der Waals surface area contributed by atoms with Crippen LogP contribution in [0.4, 0.5) is 10.7 Å². The van der Waals surface area contributed by atoms with Crippen molar-refractivity contribution in [3.05, 3.63) is 4.88 Å². The molecule has 0 radical (unpaired) electrons. The number of hydrogen-bond acceptors (Lipinski definition) is 5. The Balaban J connectivity index is 2.16. The van der Waals surface area contributed by atoms with Gasteiger partial charge in [-0.1, -0.05) is 6.92 Å². The van der Waals surface area contributed by atoms with Gasteiger partial charge >= 0.3 is 0 Å². The molecule has 1 saturated carbocycles. The van der Waals surface area contributed by atoms with Crippen molar-refractivity contribution in [2.24, 2.45) is 5.92 Å². The van der Waals surface area contributed by atoms with Crippen LogP contribution in [0.15, 0.2) is 0 Å². The molecule has 0 unspecified atom stereocenters. The predicted molar refractivity (Wildman–Crippen MR) is 83.7 cm³/mol. The van der Waals surface area contributed by atoms with E-state index in [0.717, 1.165) is 23.8 Å². The Hall–Kier alpha value is -1.43. The lowest BCUT2D eigenvalue weighted by molar-refractivity contribution is 0.0967. The molecule has 2 rings (SSSR count). The first-order chi connectivity index (χ1) is 9.56. The summed E-state index contributed by atoms with van der Waals surface area (Å²) in [6, 6.07) is 0.440. The van der Waals surface area contributed by atoms with Crippen molar-refractivity contribution in [3.8, 4) is 5.75 Å². The molecule has 0 atom stereocenters. The van der Waals surface area contributed by atoms with Crippen LogP contribution in [0.3, 0.4) is 0 Å². The Kier molecular flexibility index (Phi) is 4.75. The van der Waals surface area contributed by atoms with Crippen LogP contribution in [-0.4, -0.2) is 26.1 Å². The first-order valence-corrected chi connectivity index (χ1v) is 7.83. The van der Waals surface area contributed by atoms with Gasteiger partial charge in [0.1, 0.15) is 15.6 Å². The van der Waals surface area contributed by atoms with Crippen LogP contribution >= 0.6 is 11.3 Å². The predicted octanol–water partition coefficient (Wildman–Crippen LogP) is 2.69. The quantitative estimate of drug-likeness (QED) is 0.798. The molecule has 1 aromatic heterocycles. The first kappa shape index (κ1) is 15.0. The van der Waals surface area contributed by atoms with Gasteiger partial charge in [0.05, 0.1) is 7.11 Å². The Morgan fingerprint density at radius 2 is 2.00 bits per heavy atom. The van der Waals surface area contributed by atoms with Crippen LogP contribution in [-0.2, 0) is 0 Å². The molecule has 1 aliphatic rings. The molecule has 112 valence electrons. The highest BCUT2D eigenvalue weighted by atomic mass is 32.1. The molecular formula is C14H23N3O2S. The average Bonchev–Trinajstić information content (AvgIpc) is 2.76. The third-order valence-corrected chi connectivity index (χ3v) is 5.00. The molecule has 0 aromatic carbocycles. The number of methoxy groups -OCH3 is 1. The Morgan fingerprint density at radius 1 is 1.35 bits per heavy atom. The minimum Gasteiger partial charge on any atom is -0.492 e. The van der Waals surface area contributed by atoms with E-state index in [4.69, 9.17) is 10.5 Å². The summed E-state index contributed by atoms with van der Waals surface area (Å²) in [6.07, 6.45) is 4.78. The van der Waals surface area contributed by atoms with Crippen molar-refractivity contribution in [3.63, 3.8) is 0 Å². The molecule has 1 amide bonds. The second kappa shape index (κ2) is 6.35. The number of nitrogens with two attached hydrogens (primary N) is 1. The molecule has 1 aliphatic carbocycles. The van der Waals surface area contributed by atoms with E-state index in [2.05, 4.69) is 17.6 Å². The summed E-state index contributed by atoms with van der Waals surface area (Å²) in [5.41, 5.74) is 6.42. The third kappa shape index (κ3) is 3.00. The summed E-state index contributed by atoms with van der Waals surface area (Å²) in [5.74, 6) is 1.23. The van der Waals surface area contributed by atoms with Gasteiger partial charge in [0.25, 0.3) is 5.91 Å². The summed E-state index contributed by atoms with van der Waals surface area (Å²) < 4.78 is 5.36. The zero-order chi connectivity index (χ0) is 14.7. The van der Waals surface area contributed by atoms with Crippen LogP contribution in [0.1, 0.15) is 42.3 Å². The SMILES string of the molecule is CNC(=O)c1sc(NC2CCC(C)CC2)c(OC)c1N. The number of ether oxygens (including phenoxy) is 1. The zero-order valence-corrected chi connectivity index (χ0v) is 13.1. The number of thiophene rings is 1. The molecule has 20 heavy (non-hydrogen) atoms. The van der Waals surface area contributed by atoms with E-state index in [1.54, 1.807) is 14.2 Å². The van der Waals surface area contributed by atoms with Gasteiger partial charge in [-0.25, -0.2) is 0 Å². The van der Waals surface area contributed by atoms with Crippen molar-refractivity contribution >= 4 is 27.9 Å². The normalized spacial score (nSPS) is 22.4. The number of carbonyl (C=O) groups is 1. The smallest absolute Gasteiger partial charge is 0.263 e. The van der Waals surface area contributed by atoms with Crippen LogP contribution in [0.2, 0.25) is 0 Å². The second-order valence-corrected chi connectivity index (χ2v) is 6.41. The number of carbonyl (C=O) groups excluding carboxylic acids is 1. The highest BCUT2D eigenvalue weighted by Crippen LogP contribution is 2.43. The monoisotopic (exact) mass is 297 g/mol.